The lowest BCUT2D eigenvalue weighted by Crippen LogP contribution is -2.50. The lowest BCUT2D eigenvalue weighted by atomic mass is 10.0. The zero-order chi connectivity index (χ0) is 20.1. The molecule has 1 aromatic heterocycles. The standard InChI is InChI=1S/C18H22N6O3S/c1-4-13-15(16(25)27-5-2)14(20-17(26)19-13)10-28-18-21-22-23-24(18)12-8-6-11(3)7-9-12/h6-9,13H,4-5,10H2,1-3H3,(H2,19,20,26)/t13-/m0/s1. The highest BCUT2D eigenvalue weighted by molar-refractivity contribution is 7.99. The second-order valence-electron chi connectivity index (χ2n) is 6.17. The summed E-state index contributed by atoms with van der Waals surface area (Å²) < 4.78 is 6.80. The molecule has 28 heavy (non-hydrogen) atoms. The first-order valence-electron chi connectivity index (χ1n) is 8.99. The van der Waals surface area contributed by atoms with Crippen LogP contribution < -0.4 is 10.6 Å². The Morgan fingerprint density at radius 2 is 2.04 bits per heavy atom. The van der Waals surface area contributed by atoms with E-state index in [2.05, 4.69) is 26.2 Å². The first-order chi connectivity index (χ1) is 13.5. The second-order valence-corrected chi connectivity index (χ2v) is 7.11. The number of hydrogen-bond acceptors (Lipinski definition) is 7. The molecule has 2 N–H and O–H groups in total. The fourth-order valence-electron chi connectivity index (χ4n) is 2.83. The molecule has 148 valence electrons. The van der Waals surface area contributed by atoms with Crippen LogP contribution in [-0.2, 0) is 9.53 Å². The molecule has 2 aromatic rings. The molecular weight excluding hydrogens is 380 g/mol. The molecule has 0 aliphatic carbocycles. The zero-order valence-corrected chi connectivity index (χ0v) is 16.7. The molecule has 0 radical (unpaired) electrons. The van der Waals surface area contributed by atoms with E-state index in [4.69, 9.17) is 4.74 Å². The van der Waals surface area contributed by atoms with Gasteiger partial charge in [-0.1, -0.05) is 36.4 Å². The van der Waals surface area contributed by atoms with Crippen molar-refractivity contribution >= 4 is 23.8 Å². The fourth-order valence-corrected chi connectivity index (χ4v) is 3.69. The summed E-state index contributed by atoms with van der Waals surface area (Å²) >= 11 is 1.33. The molecule has 3 rings (SSSR count). The van der Waals surface area contributed by atoms with Gasteiger partial charge in [0.2, 0.25) is 5.16 Å². The van der Waals surface area contributed by atoms with Gasteiger partial charge < -0.3 is 15.4 Å². The number of rotatable bonds is 7. The fraction of sp³-hybridized carbons (Fsp3) is 0.389. The predicted molar refractivity (Wildman–Crippen MR) is 104 cm³/mol. The van der Waals surface area contributed by atoms with Crippen molar-refractivity contribution in [3.05, 3.63) is 41.1 Å². The zero-order valence-electron chi connectivity index (χ0n) is 15.9. The van der Waals surface area contributed by atoms with Crippen molar-refractivity contribution in [2.45, 2.75) is 38.4 Å². The molecule has 10 heteroatoms. The van der Waals surface area contributed by atoms with Gasteiger partial charge in [-0.15, -0.1) is 5.10 Å². The lowest BCUT2D eigenvalue weighted by Gasteiger charge is -2.28. The van der Waals surface area contributed by atoms with Crippen LogP contribution in [0.5, 0.6) is 0 Å². The van der Waals surface area contributed by atoms with Crippen LogP contribution in [0.3, 0.4) is 0 Å². The van der Waals surface area contributed by atoms with Crippen LogP contribution in [0.2, 0.25) is 0 Å². The average Bonchev–Trinajstić information content (AvgIpc) is 3.15. The van der Waals surface area contributed by atoms with E-state index in [1.165, 1.54) is 11.8 Å². The number of aromatic nitrogens is 4. The van der Waals surface area contributed by atoms with Gasteiger partial charge in [-0.2, -0.15) is 4.68 Å². The molecule has 1 aromatic carbocycles. The summed E-state index contributed by atoms with van der Waals surface area (Å²) in [7, 11) is 0. The van der Waals surface area contributed by atoms with Crippen LogP contribution in [0.15, 0.2) is 40.7 Å². The van der Waals surface area contributed by atoms with Gasteiger partial charge in [0.1, 0.15) is 0 Å². The van der Waals surface area contributed by atoms with Crippen molar-refractivity contribution in [3.63, 3.8) is 0 Å². The Morgan fingerprint density at radius 1 is 1.29 bits per heavy atom. The monoisotopic (exact) mass is 402 g/mol. The van der Waals surface area contributed by atoms with Crippen molar-refractivity contribution in [1.82, 2.24) is 30.8 Å². The molecule has 2 heterocycles. The van der Waals surface area contributed by atoms with Gasteiger partial charge in [-0.05, 0) is 42.8 Å². The minimum absolute atomic E-state index is 0.263. The van der Waals surface area contributed by atoms with Crippen molar-refractivity contribution in [2.75, 3.05) is 12.4 Å². The number of tetrazole rings is 1. The Labute approximate surface area is 166 Å². The van der Waals surface area contributed by atoms with Crippen LogP contribution >= 0.6 is 11.8 Å². The Hall–Kier alpha value is -2.88. The summed E-state index contributed by atoms with van der Waals surface area (Å²) in [6, 6.07) is 7.08. The number of ether oxygens (including phenoxy) is 1. The van der Waals surface area contributed by atoms with Crippen LogP contribution in [-0.4, -0.2) is 50.6 Å². The summed E-state index contributed by atoms with van der Waals surface area (Å²) in [4.78, 5) is 24.4. The minimum atomic E-state index is -0.435. The summed E-state index contributed by atoms with van der Waals surface area (Å²) in [5.74, 6) is -0.111. The minimum Gasteiger partial charge on any atom is -0.463 e. The van der Waals surface area contributed by atoms with Crippen molar-refractivity contribution in [3.8, 4) is 5.69 Å². The molecule has 0 bridgehead atoms. The lowest BCUT2D eigenvalue weighted by molar-refractivity contribution is -0.139. The van der Waals surface area contributed by atoms with E-state index in [-0.39, 0.29) is 12.6 Å². The number of hydrogen-bond donors (Lipinski definition) is 2. The molecule has 0 saturated heterocycles. The maximum atomic E-state index is 12.4. The number of esters is 1. The van der Waals surface area contributed by atoms with Gasteiger partial charge in [0.25, 0.3) is 0 Å². The normalized spacial score (nSPS) is 16.5. The van der Waals surface area contributed by atoms with Crippen LogP contribution in [0.25, 0.3) is 5.69 Å². The van der Waals surface area contributed by atoms with Gasteiger partial charge in [-0.25, -0.2) is 9.59 Å². The first kappa shape index (κ1) is 19.9. The Balaban J connectivity index is 1.85. The van der Waals surface area contributed by atoms with Gasteiger partial charge in [0.15, 0.2) is 0 Å². The van der Waals surface area contributed by atoms with E-state index in [1.807, 2.05) is 38.1 Å². The number of nitrogens with one attached hydrogen (secondary N) is 2. The first-order valence-corrected chi connectivity index (χ1v) is 9.97. The number of nitrogens with zero attached hydrogens (tertiary/aromatic N) is 4. The third-order valence-corrected chi connectivity index (χ3v) is 5.16. The van der Waals surface area contributed by atoms with Crippen LogP contribution in [0.4, 0.5) is 4.79 Å². The molecule has 1 atom stereocenters. The molecule has 1 aliphatic rings. The molecule has 0 fully saturated rings. The van der Waals surface area contributed by atoms with E-state index >= 15 is 0 Å². The summed E-state index contributed by atoms with van der Waals surface area (Å²) in [5, 5.41) is 17.9. The molecular formula is C18H22N6O3S. The van der Waals surface area contributed by atoms with E-state index in [0.29, 0.717) is 28.6 Å². The Morgan fingerprint density at radius 3 is 2.71 bits per heavy atom. The van der Waals surface area contributed by atoms with Gasteiger partial charge in [0, 0.05) is 11.4 Å². The summed E-state index contributed by atoms with van der Waals surface area (Å²) in [6.07, 6.45) is 0.580. The summed E-state index contributed by atoms with van der Waals surface area (Å²) in [5.41, 5.74) is 2.92. The molecule has 0 unspecified atom stereocenters. The third kappa shape index (κ3) is 4.33. The highest BCUT2D eigenvalue weighted by Gasteiger charge is 2.31. The topological polar surface area (TPSA) is 111 Å². The quantitative estimate of drug-likeness (QED) is 0.538. The van der Waals surface area contributed by atoms with Crippen LogP contribution in [0.1, 0.15) is 25.8 Å². The Bertz CT molecular complexity index is 893. The van der Waals surface area contributed by atoms with E-state index in [0.717, 1.165) is 11.3 Å². The van der Waals surface area contributed by atoms with E-state index < -0.39 is 12.0 Å². The van der Waals surface area contributed by atoms with Crippen molar-refractivity contribution < 1.29 is 14.3 Å². The van der Waals surface area contributed by atoms with Gasteiger partial charge in [-0.3, -0.25) is 0 Å². The van der Waals surface area contributed by atoms with Crippen molar-refractivity contribution in [2.24, 2.45) is 0 Å². The third-order valence-electron chi connectivity index (χ3n) is 4.21. The average molecular weight is 402 g/mol. The number of benzene rings is 1. The number of amides is 2. The number of carbonyl (C=O) groups is 2. The van der Waals surface area contributed by atoms with Gasteiger partial charge in [0.05, 0.1) is 23.9 Å². The maximum absolute atomic E-state index is 12.4. The van der Waals surface area contributed by atoms with Crippen LogP contribution in [0, 0.1) is 6.92 Å². The number of thioether (sulfide) groups is 1. The molecule has 2 amide bonds. The summed E-state index contributed by atoms with van der Waals surface area (Å²) in [6.45, 7) is 5.92. The molecule has 0 spiro atoms. The second kappa shape index (κ2) is 8.87. The molecule has 9 nitrogen and oxygen atoms in total. The Kier molecular flexibility index (Phi) is 6.30. The maximum Gasteiger partial charge on any atom is 0.337 e. The smallest absolute Gasteiger partial charge is 0.337 e. The van der Waals surface area contributed by atoms with E-state index in [9.17, 15) is 9.59 Å². The number of aryl methyl sites for hydroxylation is 1. The predicted octanol–water partition coefficient (Wildman–Crippen LogP) is 1.97. The molecule has 0 saturated carbocycles. The number of urea groups is 1. The SMILES string of the molecule is CCOC(=O)C1=C(CSc2nnnn2-c2ccc(C)cc2)NC(=O)N[C@H]1CC. The van der Waals surface area contributed by atoms with Gasteiger partial charge >= 0.3 is 12.0 Å². The largest absolute Gasteiger partial charge is 0.463 e. The number of carbonyl (C=O) groups excluding carboxylic acids is 2. The van der Waals surface area contributed by atoms with Crippen molar-refractivity contribution in [1.29, 1.82) is 0 Å². The highest BCUT2D eigenvalue weighted by atomic mass is 32.2. The van der Waals surface area contributed by atoms with E-state index in [1.54, 1.807) is 11.6 Å². The highest BCUT2D eigenvalue weighted by Crippen LogP contribution is 2.24. The molecule has 1 aliphatic heterocycles.